The van der Waals surface area contributed by atoms with E-state index in [0.717, 1.165) is 31.5 Å². The van der Waals surface area contributed by atoms with Crippen molar-refractivity contribution in [2.24, 2.45) is 5.92 Å². The number of piperidine rings is 1. The molecule has 1 aromatic heterocycles. The largest absolute Gasteiger partial charge is 0.306 e. The number of carbonyl (C=O) groups is 2. The number of carbonyl (C=O) groups excluding carboxylic acids is 2. The minimum Gasteiger partial charge on any atom is -0.306 e. The molecule has 1 aliphatic rings. The van der Waals surface area contributed by atoms with E-state index in [0.29, 0.717) is 24.3 Å². The molecule has 0 bridgehead atoms. The maximum atomic E-state index is 13.3. The maximum absolute atomic E-state index is 13.3. The second kappa shape index (κ2) is 10.8. The van der Waals surface area contributed by atoms with Crippen LogP contribution in [0.25, 0.3) is 0 Å². The van der Waals surface area contributed by atoms with Crippen LogP contribution in [0.4, 0.5) is 11.4 Å². The molecule has 0 unspecified atom stereocenters. The monoisotopic (exact) mass is 458 g/mol. The van der Waals surface area contributed by atoms with Gasteiger partial charge in [-0.25, -0.2) is 0 Å². The van der Waals surface area contributed by atoms with Gasteiger partial charge >= 0.3 is 0 Å². The highest BCUT2D eigenvalue weighted by Gasteiger charge is 2.27. The molecule has 4 rings (SSSR count). The van der Waals surface area contributed by atoms with Gasteiger partial charge in [-0.1, -0.05) is 30.3 Å². The van der Waals surface area contributed by atoms with Crippen LogP contribution >= 0.6 is 0 Å². The number of anilines is 1. The molecule has 8 nitrogen and oxygen atoms in total. The third kappa shape index (κ3) is 5.52. The van der Waals surface area contributed by atoms with Gasteiger partial charge in [0, 0.05) is 48.5 Å². The lowest BCUT2D eigenvalue weighted by Gasteiger charge is -2.33. The number of Topliss-reactive ketones (excluding diaryl/α,β-unsaturated/α-hetero) is 1. The molecule has 1 amide bonds. The van der Waals surface area contributed by atoms with Crippen LogP contribution in [-0.2, 0) is 0 Å². The summed E-state index contributed by atoms with van der Waals surface area (Å²) in [6, 6.07) is 18.6. The molecular formula is C26H26N4O4. The number of non-ortho nitro benzene ring substituents is 1. The summed E-state index contributed by atoms with van der Waals surface area (Å²) in [5, 5.41) is 10.9. The van der Waals surface area contributed by atoms with Crippen molar-refractivity contribution >= 4 is 23.1 Å². The van der Waals surface area contributed by atoms with E-state index in [4.69, 9.17) is 0 Å². The number of hydrogen-bond acceptors (Lipinski definition) is 6. The minimum absolute atomic E-state index is 0.0230. The molecule has 174 valence electrons. The van der Waals surface area contributed by atoms with Crippen LogP contribution in [0.1, 0.15) is 33.6 Å². The van der Waals surface area contributed by atoms with Crippen LogP contribution in [0.2, 0.25) is 0 Å². The smallest absolute Gasteiger partial charge is 0.269 e. The van der Waals surface area contributed by atoms with Gasteiger partial charge in [0.15, 0.2) is 5.78 Å². The van der Waals surface area contributed by atoms with Crippen molar-refractivity contribution in [3.63, 3.8) is 0 Å². The zero-order chi connectivity index (χ0) is 23.9. The van der Waals surface area contributed by atoms with Gasteiger partial charge in [-0.2, -0.15) is 0 Å². The molecule has 0 radical (unpaired) electrons. The molecule has 1 saturated heterocycles. The summed E-state index contributed by atoms with van der Waals surface area (Å²) in [6.07, 6.45) is 4.86. The second-order valence-electron chi connectivity index (χ2n) is 8.32. The van der Waals surface area contributed by atoms with Crippen LogP contribution in [0.15, 0.2) is 79.1 Å². The van der Waals surface area contributed by atoms with E-state index in [2.05, 4.69) is 9.88 Å². The zero-order valence-electron chi connectivity index (χ0n) is 18.7. The molecule has 0 spiro atoms. The second-order valence-corrected chi connectivity index (χ2v) is 8.32. The zero-order valence-corrected chi connectivity index (χ0v) is 18.7. The number of hydrogen-bond donors (Lipinski definition) is 0. The summed E-state index contributed by atoms with van der Waals surface area (Å²) in [4.78, 5) is 44.5. The van der Waals surface area contributed by atoms with Crippen molar-refractivity contribution in [3.8, 4) is 0 Å². The van der Waals surface area contributed by atoms with E-state index >= 15 is 0 Å². The predicted octanol–water partition coefficient (Wildman–Crippen LogP) is 4.23. The predicted molar refractivity (Wildman–Crippen MR) is 129 cm³/mol. The van der Waals surface area contributed by atoms with Crippen LogP contribution in [0.3, 0.4) is 0 Å². The van der Waals surface area contributed by atoms with E-state index in [1.54, 1.807) is 23.4 Å². The molecule has 8 heteroatoms. The van der Waals surface area contributed by atoms with Crippen molar-refractivity contribution < 1.29 is 14.5 Å². The number of likely N-dealkylation sites (tertiary alicyclic amines) is 1. The molecular weight excluding hydrogens is 432 g/mol. The van der Waals surface area contributed by atoms with Crippen molar-refractivity contribution in [1.29, 1.82) is 0 Å². The van der Waals surface area contributed by atoms with Crippen LogP contribution in [0.5, 0.6) is 0 Å². The van der Waals surface area contributed by atoms with Gasteiger partial charge in [0.05, 0.1) is 16.8 Å². The average Bonchev–Trinajstić information content (AvgIpc) is 2.90. The summed E-state index contributed by atoms with van der Waals surface area (Å²) in [6.45, 7) is 2.67. The Morgan fingerprint density at radius 2 is 1.68 bits per heavy atom. The quantitative estimate of drug-likeness (QED) is 0.285. The summed E-state index contributed by atoms with van der Waals surface area (Å²) in [5.41, 5.74) is 1.75. The topological polar surface area (TPSA) is 96.7 Å². The Kier molecular flexibility index (Phi) is 7.39. The molecule has 0 N–H and O–H groups in total. The Bertz CT molecular complexity index is 1130. The first-order valence-corrected chi connectivity index (χ1v) is 11.3. The van der Waals surface area contributed by atoms with Gasteiger partial charge in [0.25, 0.3) is 11.6 Å². The van der Waals surface area contributed by atoms with Gasteiger partial charge in [0.2, 0.25) is 0 Å². The van der Waals surface area contributed by atoms with Crippen LogP contribution in [-0.4, -0.2) is 52.7 Å². The van der Waals surface area contributed by atoms with Crippen molar-refractivity contribution in [1.82, 2.24) is 9.88 Å². The SMILES string of the molecule is O=C(c1ccccc1)C1CCN(CCN(C(=O)c2ccc([N+](=O)[O-])cc2)c2cccnc2)CC1. The van der Waals surface area contributed by atoms with Crippen molar-refractivity contribution in [2.75, 3.05) is 31.1 Å². The van der Waals surface area contributed by atoms with E-state index in [9.17, 15) is 19.7 Å². The number of nitro benzene ring substituents is 1. The first kappa shape index (κ1) is 23.3. The first-order valence-electron chi connectivity index (χ1n) is 11.3. The Labute approximate surface area is 198 Å². The summed E-state index contributed by atoms with van der Waals surface area (Å²) >= 11 is 0. The van der Waals surface area contributed by atoms with Crippen molar-refractivity contribution in [2.45, 2.75) is 12.8 Å². The highest BCUT2D eigenvalue weighted by molar-refractivity contribution is 6.06. The molecule has 2 heterocycles. The Morgan fingerprint density at radius 1 is 0.971 bits per heavy atom. The van der Waals surface area contributed by atoms with Gasteiger partial charge < -0.3 is 9.80 Å². The van der Waals surface area contributed by atoms with Crippen LogP contribution < -0.4 is 4.90 Å². The third-order valence-corrected chi connectivity index (χ3v) is 6.18. The number of pyridine rings is 1. The third-order valence-electron chi connectivity index (χ3n) is 6.18. The molecule has 3 aromatic rings. The lowest BCUT2D eigenvalue weighted by atomic mass is 9.89. The van der Waals surface area contributed by atoms with E-state index in [-0.39, 0.29) is 23.3 Å². The summed E-state index contributed by atoms with van der Waals surface area (Å²) in [7, 11) is 0. The van der Waals surface area contributed by atoms with Gasteiger partial charge in [-0.3, -0.25) is 24.7 Å². The molecule has 0 atom stereocenters. The summed E-state index contributed by atoms with van der Waals surface area (Å²) in [5.74, 6) is -0.0163. The lowest BCUT2D eigenvalue weighted by Crippen LogP contribution is -2.42. The molecule has 0 aliphatic carbocycles. The number of benzene rings is 2. The molecule has 0 saturated carbocycles. The van der Waals surface area contributed by atoms with E-state index in [1.165, 1.54) is 24.3 Å². The Hall–Kier alpha value is -3.91. The maximum Gasteiger partial charge on any atom is 0.269 e. The molecule has 1 aliphatic heterocycles. The normalized spacial score (nSPS) is 14.5. The highest BCUT2D eigenvalue weighted by atomic mass is 16.6. The number of nitrogens with zero attached hydrogens (tertiary/aromatic N) is 4. The number of amides is 1. The first-order chi connectivity index (χ1) is 16.5. The molecule has 34 heavy (non-hydrogen) atoms. The fourth-order valence-corrected chi connectivity index (χ4v) is 4.24. The van der Waals surface area contributed by atoms with E-state index < -0.39 is 4.92 Å². The summed E-state index contributed by atoms with van der Waals surface area (Å²) < 4.78 is 0. The van der Waals surface area contributed by atoms with Crippen LogP contribution in [0, 0.1) is 16.0 Å². The number of rotatable bonds is 8. The standard InChI is InChI=1S/C26H26N4O4/c31-25(20-5-2-1-3-6-20)21-12-15-28(16-13-21)17-18-29(24-7-4-14-27-19-24)26(32)22-8-10-23(11-9-22)30(33)34/h1-11,14,19,21H,12-13,15-18H2. The van der Waals surface area contributed by atoms with E-state index in [1.807, 2.05) is 36.4 Å². The molecule has 2 aromatic carbocycles. The fraction of sp³-hybridized carbons (Fsp3) is 0.269. The average molecular weight is 459 g/mol. The number of ketones is 1. The van der Waals surface area contributed by atoms with Crippen molar-refractivity contribution in [3.05, 3.63) is 100 Å². The number of aromatic nitrogens is 1. The molecule has 1 fully saturated rings. The highest BCUT2D eigenvalue weighted by Crippen LogP contribution is 2.23. The van der Waals surface area contributed by atoms with Gasteiger partial charge in [0.1, 0.15) is 0 Å². The van der Waals surface area contributed by atoms with Gasteiger partial charge in [-0.05, 0) is 50.2 Å². The van der Waals surface area contributed by atoms with Gasteiger partial charge in [-0.15, -0.1) is 0 Å². The Balaban J connectivity index is 1.39. The fourth-order valence-electron chi connectivity index (χ4n) is 4.24. The lowest BCUT2D eigenvalue weighted by molar-refractivity contribution is -0.384. The minimum atomic E-state index is -0.487. The Morgan fingerprint density at radius 3 is 2.29 bits per heavy atom. The number of nitro groups is 1.